The molecule has 0 unspecified atom stereocenters. The Morgan fingerprint density at radius 2 is 2.17 bits per heavy atom. The molecule has 0 saturated carbocycles. The van der Waals surface area contributed by atoms with Crippen LogP contribution in [0.3, 0.4) is 0 Å². The number of amides is 2. The van der Waals surface area contributed by atoms with Crippen LogP contribution >= 0.6 is 0 Å². The van der Waals surface area contributed by atoms with Crippen LogP contribution in [0, 0.1) is 0 Å². The van der Waals surface area contributed by atoms with Gasteiger partial charge in [0.1, 0.15) is 18.0 Å². The summed E-state index contributed by atoms with van der Waals surface area (Å²) < 4.78 is 5.52. The maximum Gasteiger partial charge on any atom is 0.271 e. The van der Waals surface area contributed by atoms with E-state index in [2.05, 4.69) is 0 Å². The number of ether oxygens (including phenoxy) is 1. The Morgan fingerprint density at radius 3 is 2.78 bits per heavy atom. The van der Waals surface area contributed by atoms with Gasteiger partial charge in [-0.3, -0.25) is 14.5 Å². The second-order valence-electron chi connectivity index (χ2n) is 4.62. The topological polar surface area (TPSA) is 92.9 Å². The summed E-state index contributed by atoms with van der Waals surface area (Å²) >= 11 is 0. The van der Waals surface area contributed by atoms with Crippen molar-refractivity contribution < 1.29 is 19.4 Å². The lowest BCUT2D eigenvalue weighted by Gasteiger charge is -2.38. The second kappa shape index (κ2) is 3.90. The monoisotopic (exact) mass is 250 g/mol. The Balaban J connectivity index is 2.52. The zero-order valence-corrected chi connectivity index (χ0v) is 10.1. The Morgan fingerprint density at radius 1 is 1.50 bits per heavy atom. The molecule has 1 aromatic carbocycles. The van der Waals surface area contributed by atoms with Gasteiger partial charge in [0.25, 0.3) is 5.91 Å². The number of benzene rings is 1. The van der Waals surface area contributed by atoms with Crippen LogP contribution < -0.4 is 15.4 Å². The highest BCUT2D eigenvalue weighted by molar-refractivity contribution is 6.05. The van der Waals surface area contributed by atoms with Crippen molar-refractivity contribution in [3.63, 3.8) is 0 Å². The van der Waals surface area contributed by atoms with E-state index in [0.717, 1.165) is 0 Å². The average molecular weight is 250 g/mol. The maximum absolute atomic E-state index is 12.2. The fourth-order valence-electron chi connectivity index (χ4n) is 1.87. The summed E-state index contributed by atoms with van der Waals surface area (Å²) in [6.07, 6.45) is 0. The van der Waals surface area contributed by atoms with Gasteiger partial charge in [0.05, 0.1) is 5.69 Å². The van der Waals surface area contributed by atoms with Crippen LogP contribution in [0.5, 0.6) is 11.5 Å². The third-order valence-corrected chi connectivity index (χ3v) is 2.67. The molecule has 0 radical (unpaired) electrons. The van der Waals surface area contributed by atoms with Crippen LogP contribution in [0.25, 0.3) is 0 Å². The lowest BCUT2D eigenvalue weighted by Crippen LogP contribution is -2.54. The Hall–Kier alpha value is -2.24. The van der Waals surface area contributed by atoms with E-state index >= 15 is 0 Å². The predicted octanol–water partition coefficient (Wildman–Crippen LogP) is 0.381. The number of phenols is 1. The number of carbonyl (C=O) groups excluding carboxylic acids is 2. The lowest BCUT2D eigenvalue weighted by atomic mass is 10.0. The number of nitrogens with zero attached hydrogens (tertiary/aromatic N) is 1. The molecule has 96 valence electrons. The van der Waals surface area contributed by atoms with Gasteiger partial charge in [0.2, 0.25) is 5.91 Å². The molecule has 3 N–H and O–H groups in total. The molecule has 6 heteroatoms. The summed E-state index contributed by atoms with van der Waals surface area (Å²) in [4.78, 5) is 24.5. The van der Waals surface area contributed by atoms with E-state index in [1.165, 1.54) is 23.1 Å². The van der Waals surface area contributed by atoms with E-state index in [1.54, 1.807) is 13.8 Å². The number of nitrogens with two attached hydrogens (primary N) is 1. The van der Waals surface area contributed by atoms with Crippen molar-refractivity contribution in [1.29, 1.82) is 0 Å². The van der Waals surface area contributed by atoms with Gasteiger partial charge < -0.3 is 15.6 Å². The number of primary amides is 1. The van der Waals surface area contributed by atoms with Crippen molar-refractivity contribution in [1.82, 2.24) is 0 Å². The Kier molecular flexibility index (Phi) is 2.65. The molecular formula is C12H14N2O4. The standard InChI is InChI=1S/C12H14N2O4/c1-12(2)11(17)14(6-10(13)16)8-4-3-7(15)5-9(8)18-12/h3-5,15H,6H2,1-2H3,(H2,13,16). The van der Waals surface area contributed by atoms with Crippen molar-refractivity contribution >= 4 is 17.5 Å². The molecule has 1 heterocycles. The van der Waals surface area contributed by atoms with E-state index in [-0.39, 0.29) is 18.2 Å². The van der Waals surface area contributed by atoms with Crippen LogP contribution in [0.1, 0.15) is 13.8 Å². The highest BCUT2D eigenvalue weighted by Gasteiger charge is 2.41. The number of anilines is 1. The van der Waals surface area contributed by atoms with Crippen molar-refractivity contribution in [3.05, 3.63) is 18.2 Å². The van der Waals surface area contributed by atoms with Crippen molar-refractivity contribution in [2.75, 3.05) is 11.4 Å². The van der Waals surface area contributed by atoms with Crippen LogP contribution in [-0.4, -0.2) is 29.1 Å². The van der Waals surface area contributed by atoms with E-state index in [9.17, 15) is 14.7 Å². The lowest BCUT2D eigenvalue weighted by molar-refractivity contribution is -0.133. The van der Waals surface area contributed by atoms with Crippen LogP contribution in [-0.2, 0) is 9.59 Å². The summed E-state index contributed by atoms with van der Waals surface area (Å²) in [5, 5.41) is 9.42. The third kappa shape index (κ3) is 1.97. The number of rotatable bonds is 2. The molecule has 0 spiro atoms. The molecule has 1 aliphatic heterocycles. The predicted molar refractivity (Wildman–Crippen MR) is 64.4 cm³/mol. The first-order chi connectivity index (χ1) is 8.31. The van der Waals surface area contributed by atoms with Gasteiger partial charge in [-0.15, -0.1) is 0 Å². The largest absolute Gasteiger partial charge is 0.508 e. The summed E-state index contributed by atoms with van der Waals surface area (Å²) in [7, 11) is 0. The van der Waals surface area contributed by atoms with Crippen LogP contribution in [0.2, 0.25) is 0 Å². The average Bonchev–Trinajstić information content (AvgIpc) is 2.23. The zero-order valence-electron chi connectivity index (χ0n) is 10.1. The number of carbonyl (C=O) groups is 2. The van der Waals surface area contributed by atoms with E-state index in [0.29, 0.717) is 11.4 Å². The van der Waals surface area contributed by atoms with Crippen molar-refractivity contribution in [2.24, 2.45) is 5.73 Å². The minimum absolute atomic E-state index is 0.0259. The highest BCUT2D eigenvalue weighted by Crippen LogP contribution is 2.39. The van der Waals surface area contributed by atoms with Crippen molar-refractivity contribution in [3.8, 4) is 11.5 Å². The number of hydrogen-bond donors (Lipinski definition) is 2. The van der Waals surface area contributed by atoms with Crippen molar-refractivity contribution in [2.45, 2.75) is 19.4 Å². The Bertz CT molecular complexity index is 525. The fraction of sp³-hybridized carbons (Fsp3) is 0.333. The molecule has 0 aromatic heterocycles. The van der Waals surface area contributed by atoms with Gasteiger partial charge in [-0.2, -0.15) is 0 Å². The molecule has 2 rings (SSSR count). The summed E-state index contributed by atoms with van der Waals surface area (Å²) in [5.74, 6) is -0.585. The quantitative estimate of drug-likeness (QED) is 0.793. The van der Waals surface area contributed by atoms with Gasteiger partial charge in [0, 0.05) is 6.07 Å². The summed E-state index contributed by atoms with van der Waals surface area (Å²) in [6.45, 7) is 2.97. The molecule has 0 aliphatic carbocycles. The van der Waals surface area contributed by atoms with Gasteiger partial charge in [-0.25, -0.2) is 0 Å². The molecule has 18 heavy (non-hydrogen) atoms. The highest BCUT2D eigenvalue weighted by atomic mass is 16.5. The molecule has 0 saturated heterocycles. The zero-order chi connectivity index (χ0) is 13.5. The van der Waals surface area contributed by atoms with E-state index < -0.39 is 11.5 Å². The minimum Gasteiger partial charge on any atom is -0.508 e. The molecule has 0 bridgehead atoms. The minimum atomic E-state index is -1.10. The molecular weight excluding hydrogens is 236 g/mol. The number of hydrogen-bond acceptors (Lipinski definition) is 4. The summed E-state index contributed by atoms with van der Waals surface area (Å²) in [5.41, 5.74) is 4.46. The molecule has 1 aliphatic rings. The number of phenolic OH excluding ortho intramolecular Hbond substituents is 1. The molecule has 0 atom stereocenters. The number of fused-ring (bicyclic) bond motifs is 1. The molecule has 0 fully saturated rings. The van der Waals surface area contributed by atoms with Crippen LogP contribution in [0.15, 0.2) is 18.2 Å². The Labute approximate surface area is 104 Å². The maximum atomic E-state index is 12.2. The summed E-state index contributed by atoms with van der Waals surface area (Å²) in [6, 6.07) is 4.33. The third-order valence-electron chi connectivity index (χ3n) is 2.67. The first-order valence-electron chi connectivity index (χ1n) is 5.43. The molecule has 6 nitrogen and oxygen atoms in total. The smallest absolute Gasteiger partial charge is 0.271 e. The van der Waals surface area contributed by atoms with Gasteiger partial charge in [-0.05, 0) is 26.0 Å². The van der Waals surface area contributed by atoms with Crippen LogP contribution in [0.4, 0.5) is 5.69 Å². The van der Waals surface area contributed by atoms with Gasteiger partial charge in [-0.1, -0.05) is 0 Å². The second-order valence-corrected chi connectivity index (χ2v) is 4.62. The molecule has 1 aromatic rings. The molecule has 2 amide bonds. The SMILES string of the molecule is CC1(C)Oc2cc(O)ccc2N(CC(N)=O)C1=O. The first kappa shape index (κ1) is 12.2. The van der Waals surface area contributed by atoms with E-state index in [1.807, 2.05) is 0 Å². The van der Waals surface area contributed by atoms with Gasteiger partial charge >= 0.3 is 0 Å². The number of aromatic hydroxyl groups is 1. The normalized spacial score (nSPS) is 17.0. The fourth-order valence-corrected chi connectivity index (χ4v) is 1.87. The first-order valence-corrected chi connectivity index (χ1v) is 5.43. The van der Waals surface area contributed by atoms with Gasteiger partial charge in [0.15, 0.2) is 5.60 Å². The van der Waals surface area contributed by atoms with E-state index in [4.69, 9.17) is 10.5 Å².